The molecule has 176 valence electrons. The Morgan fingerprint density at radius 2 is 1.79 bits per heavy atom. The fraction of sp³-hybridized carbons (Fsp3) is 0.391. The monoisotopic (exact) mass is 479 g/mol. The van der Waals surface area contributed by atoms with Crippen molar-refractivity contribution in [3.8, 4) is 0 Å². The summed E-state index contributed by atoms with van der Waals surface area (Å²) in [6.07, 6.45) is -3.72. The number of sulfonamides is 1. The molecule has 1 saturated heterocycles. The van der Waals surface area contributed by atoms with E-state index in [1.54, 1.807) is 0 Å². The van der Waals surface area contributed by atoms with Crippen LogP contribution in [0.1, 0.15) is 60.0 Å². The molecule has 0 aliphatic carbocycles. The summed E-state index contributed by atoms with van der Waals surface area (Å²) in [5.41, 5.74) is 1.25. The Morgan fingerprint density at radius 1 is 1.09 bits per heavy atom. The van der Waals surface area contributed by atoms with Crippen molar-refractivity contribution < 1.29 is 26.1 Å². The summed E-state index contributed by atoms with van der Waals surface area (Å²) < 4.78 is 71.5. The molecule has 1 aliphatic rings. The Labute approximate surface area is 190 Å². The first-order valence-corrected chi connectivity index (χ1v) is 12.1. The van der Waals surface area contributed by atoms with Gasteiger partial charge in [-0.2, -0.15) is 22.5 Å². The van der Waals surface area contributed by atoms with E-state index >= 15 is 0 Å². The molecule has 1 aromatic heterocycles. The first-order chi connectivity index (χ1) is 15.6. The van der Waals surface area contributed by atoms with Crippen LogP contribution in [0.4, 0.5) is 13.2 Å². The first-order valence-electron chi connectivity index (χ1n) is 10.6. The van der Waals surface area contributed by atoms with Crippen LogP contribution in [0, 0.1) is 6.92 Å². The van der Waals surface area contributed by atoms with E-state index in [9.17, 15) is 21.6 Å². The molecular formula is C23H24F3N3O3S. The lowest BCUT2D eigenvalue weighted by Crippen LogP contribution is -2.38. The summed E-state index contributed by atoms with van der Waals surface area (Å²) >= 11 is 0. The largest absolute Gasteiger partial charge is 0.416 e. The molecule has 33 heavy (non-hydrogen) atoms. The van der Waals surface area contributed by atoms with Crippen LogP contribution in [0.25, 0.3) is 0 Å². The van der Waals surface area contributed by atoms with Gasteiger partial charge in [0.2, 0.25) is 15.9 Å². The number of aryl methyl sites for hydroxylation is 1. The number of alkyl halides is 3. The fourth-order valence-electron chi connectivity index (χ4n) is 4.13. The van der Waals surface area contributed by atoms with Gasteiger partial charge in [0.25, 0.3) is 0 Å². The molecular weight excluding hydrogens is 455 g/mol. The quantitative estimate of drug-likeness (QED) is 0.508. The summed E-state index contributed by atoms with van der Waals surface area (Å²) in [4.78, 5) is 4.21. The Hall–Kier alpha value is -2.72. The van der Waals surface area contributed by atoms with Crippen molar-refractivity contribution in [1.29, 1.82) is 0 Å². The topological polar surface area (TPSA) is 76.3 Å². The third-order valence-electron chi connectivity index (χ3n) is 6.10. The molecule has 4 rings (SSSR count). The van der Waals surface area contributed by atoms with E-state index in [0.29, 0.717) is 30.6 Å². The van der Waals surface area contributed by atoms with E-state index in [0.717, 1.165) is 23.3 Å². The highest BCUT2D eigenvalue weighted by molar-refractivity contribution is 7.89. The molecule has 2 aromatic carbocycles. The Morgan fingerprint density at radius 3 is 2.45 bits per heavy atom. The van der Waals surface area contributed by atoms with Gasteiger partial charge in [0.1, 0.15) is 0 Å². The average Bonchev–Trinajstić information content (AvgIpc) is 3.29. The van der Waals surface area contributed by atoms with Crippen molar-refractivity contribution in [1.82, 2.24) is 14.4 Å². The van der Waals surface area contributed by atoms with E-state index in [-0.39, 0.29) is 29.8 Å². The zero-order valence-electron chi connectivity index (χ0n) is 18.2. The maximum Gasteiger partial charge on any atom is 0.416 e. The smallest absolute Gasteiger partial charge is 0.339 e. The maximum atomic E-state index is 13.0. The molecule has 3 aromatic rings. The molecule has 0 spiro atoms. The average molecular weight is 480 g/mol. The predicted octanol–water partition coefficient (Wildman–Crippen LogP) is 5.12. The first kappa shape index (κ1) is 23.4. The molecule has 10 heteroatoms. The SMILES string of the molecule is Cc1ccccc1[C@H](C)c1noc(C2CCN(S(=O)(=O)c3cccc(C(F)(F)F)c3)CC2)n1. The third kappa shape index (κ3) is 4.81. The molecule has 0 bridgehead atoms. The van der Waals surface area contributed by atoms with Gasteiger partial charge in [-0.3, -0.25) is 0 Å². The minimum Gasteiger partial charge on any atom is -0.339 e. The highest BCUT2D eigenvalue weighted by atomic mass is 32.2. The summed E-state index contributed by atoms with van der Waals surface area (Å²) in [6, 6.07) is 11.8. The van der Waals surface area contributed by atoms with Crippen LogP contribution in [0.15, 0.2) is 57.9 Å². The van der Waals surface area contributed by atoms with Gasteiger partial charge in [0.15, 0.2) is 5.82 Å². The van der Waals surface area contributed by atoms with E-state index in [1.165, 1.54) is 10.4 Å². The highest BCUT2D eigenvalue weighted by Gasteiger charge is 2.35. The van der Waals surface area contributed by atoms with Crippen molar-refractivity contribution in [2.24, 2.45) is 0 Å². The summed E-state index contributed by atoms with van der Waals surface area (Å²) in [5, 5.41) is 4.13. The standard InChI is InChI=1S/C23H24F3N3O3S/c1-15-6-3-4-9-20(15)16(2)21-27-22(32-28-21)17-10-12-29(13-11-17)33(30,31)19-8-5-7-18(14-19)23(24,25)26/h3-9,14,16-17H,10-13H2,1-2H3/t16-/m0/s1. The second-order valence-electron chi connectivity index (χ2n) is 8.27. The maximum absolute atomic E-state index is 13.0. The number of halogens is 3. The van der Waals surface area contributed by atoms with Crippen LogP contribution in [0.3, 0.4) is 0 Å². The molecule has 1 atom stereocenters. The van der Waals surface area contributed by atoms with Crippen LogP contribution >= 0.6 is 0 Å². The Bertz CT molecular complexity index is 1230. The molecule has 0 N–H and O–H groups in total. The number of piperidine rings is 1. The molecule has 0 unspecified atom stereocenters. The van der Waals surface area contributed by atoms with Crippen LogP contribution in [0.5, 0.6) is 0 Å². The predicted molar refractivity (Wildman–Crippen MR) is 115 cm³/mol. The zero-order valence-corrected chi connectivity index (χ0v) is 19.0. The van der Waals surface area contributed by atoms with Crippen molar-refractivity contribution in [2.75, 3.05) is 13.1 Å². The minimum absolute atomic E-state index is 0.0509. The molecule has 0 saturated carbocycles. The molecule has 1 fully saturated rings. The number of hydrogen-bond donors (Lipinski definition) is 0. The van der Waals surface area contributed by atoms with E-state index in [4.69, 9.17) is 4.52 Å². The Balaban J connectivity index is 1.45. The zero-order chi connectivity index (χ0) is 23.8. The molecule has 6 nitrogen and oxygen atoms in total. The lowest BCUT2D eigenvalue weighted by atomic mass is 9.95. The van der Waals surface area contributed by atoms with Crippen molar-refractivity contribution >= 4 is 10.0 Å². The summed E-state index contributed by atoms with van der Waals surface area (Å²) in [7, 11) is -4.03. The van der Waals surface area contributed by atoms with Gasteiger partial charge in [0, 0.05) is 24.9 Å². The van der Waals surface area contributed by atoms with Crippen molar-refractivity contribution in [3.05, 3.63) is 76.9 Å². The Kier molecular flexibility index (Phi) is 6.32. The summed E-state index contributed by atoms with van der Waals surface area (Å²) in [6.45, 7) is 4.34. The van der Waals surface area contributed by atoms with Gasteiger partial charge < -0.3 is 4.52 Å². The number of rotatable bonds is 5. The summed E-state index contributed by atoms with van der Waals surface area (Å²) in [5.74, 6) is 0.869. The minimum atomic E-state index is -4.61. The molecule has 0 amide bonds. The van der Waals surface area contributed by atoms with E-state index < -0.39 is 21.8 Å². The van der Waals surface area contributed by atoms with E-state index in [2.05, 4.69) is 10.1 Å². The van der Waals surface area contributed by atoms with Gasteiger partial charge in [-0.05, 0) is 49.1 Å². The highest BCUT2D eigenvalue weighted by Crippen LogP contribution is 2.34. The number of aromatic nitrogens is 2. The van der Waals surface area contributed by atoms with Crippen LogP contribution in [-0.4, -0.2) is 36.0 Å². The fourth-order valence-corrected chi connectivity index (χ4v) is 5.64. The number of nitrogens with zero attached hydrogens (tertiary/aromatic N) is 3. The van der Waals surface area contributed by atoms with Crippen LogP contribution in [-0.2, 0) is 16.2 Å². The lowest BCUT2D eigenvalue weighted by molar-refractivity contribution is -0.137. The number of hydrogen-bond acceptors (Lipinski definition) is 5. The molecule has 2 heterocycles. The lowest BCUT2D eigenvalue weighted by Gasteiger charge is -2.29. The van der Waals surface area contributed by atoms with Gasteiger partial charge in [-0.15, -0.1) is 0 Å². The third-order valence-corrected chi connectivity index (χ3v) is 8.00. The van der Waals surface area contributed by atoms with Crippen LogP contribution < -0.4 is 0 Å². The van der Waals surface area contributed by atoms with Gasteiger partial charge in [-0.1, -0.05) is 42.4 Å². The molecule has 1 aliphatic heterocycles. The van der Waals surface area contributed by atoms with E-state index in [1.807, 2.05) is 38.1 Å². The van der Waals surface area contributed by atoms with Crippen molar-refractivity contribution in [2.45, 2.75) is 49.6 Å². The second kappa shape index (κ2) is 8.90. The van der Waals surface area contributed by atoms with Crippen molar-refractivity contribution in [3.63, 3.8) is 0 Å². The van der Waals surface area contributed by atoms with Crippen LogP contribution in [0.2, 0.25) is 0 Å². The molecule has 0 radical (unpaired) electrons. The second-order valence-corrected chi connectivity index (χ2v) is 10.2. The van der Waals surface area contributed by atoms with Gasteiger partial charge in [0.05, 0.1) is 10.5 Å². The van der Waals surface area contributed by atoms with Gasteiger partial charge in [-0.25, -0.2) is 8.42 Å². The van der Waals surface area contributed by atoms with Gasteiger partial charge >= 0.3 is 6.18 Å². The normalized spacial score (nSPS) is 17.2. The number of benzene rings is 2.